The second-order valence-electron chi connectivity index (χ2n) is 4.53. The SMILES string of the molecule is CC(=O)N1CCC(NS(=O)(=O)c2ccc(Br)cc2)C1. The van der Waals surface area contributed by atoms with E-state index in [0.29, 0.717) is 19.5 Å². The minimum Gasteiger partial charge on any atom is -0.341 e. The Bertz CT molecular complexity index is 571. The van der Waals surface area contributed by atoms with E-state index in [2.05, 4.69) is 20.7 Å². The number of rotatable bonds is 3. The Labute approximate surface area is 121 Å². The molecule has 104 valence electrons. The lowest BCUT2D eigenvalue weighted by Gasteiger charge is -2.15. The fourth-order valence-electron chi connectivity index (χ4n) is 2.04. The number of benzene rings is 1. The van der Waals surface area contributed by atoms with Gasteiger partial charge in [0.25, 0.3) is 0 Å². The van der Waals surface area contributed by atoms with Crippen molar-refractivity contribution in [2.24, 2.45) is 0 Å². The van der Waals surface area contributed by atoms with Gasteiger partial charge in [0.1, 0.15) is 0 Å². The molecule has 1 aromatic rings. The van der Waals surface area contributed by atoms with Crippen molar-refractivity contribution in [2.75, 3.05) is 13.1 Å². The summed E-state index contributed by atoms with van der Waals surface area (Å²) in [4.78, 5) is 13.1. The lowest BCUT2D eigenvalue weighted by Crippen LogP contribution is -2.37. The number of carbonyl (C=O) groups is 1. The Kier molecular flexibility index (Phi) is 4.27. The van der Waals surface area contributed by atoms with Crippen LogP contribution in [0.3, 0.4) is 0 Å². The molecule has 1 heterocycles. The van der Waals surface area contributed by atoms with Crippen molar-refractivity contribution in [1.82, 2.24) is 9.62 Å². The smallest absolute Gasteiger partial charge is 0.240 e. The molecule has 1 N–H and O–H groups in total. The van der Waals surface area contributed by atoms with E-state index in [0.717, 1.165) is 4.47 Å². The van der Waals surface area contributed by atoms with Gasteiger partial charge in [0.05, 0.1) is 4.90 Å². The highest BCUT2D eigenvalue weighted by molar-refractivity contribution is 9.10. The first-order valence-corrected chi connectivity index (χ1v) is 8.19. The fourth-order valence-corrected chi connectivity index (χ4v) is 3.57. The zero-order chi connectivity index (χ0) is 14.0. The molecule has 1 atom stereocenters. The van der Waals surface area contributed by atoms with Gasteiger partial charge in [-0.2, -0.15) is 0 Å². The van der Waals surface area contributed by atoms with Crippen LogP contribution < -0.4 is 4.72 Å². The van der Waals surface area contributed by atoms with E-state index in [4.69, 9.17) is 0 Å². The third kappa shape index (κ3) is 3.55. The number of nitrogens with one attached hydrogen (secondary N) is 1. The van der Waals surface area contributed by atoms with Crippen molar-refractivity contribution in [1.29, 1.82) is 0 Å². The summed E-state index contributed by atoms with van der Waals surface area (Å²) in [6.45, 7) is 2.53. The van der Waals surface area contributed by atoms with Crippen molar-refractivity contribution in [3.8, 4) is 0 Å². The molecule has 0 saturated carbocycles. The van der Waals surface area contributed by atoms with Crippen LogP contribution in [0.4, 0.5) is 0 Å². The molecule has 5 nitrogen and oxygen atoms in total. The van der Waals surface area contributed by atoms with Crippen LogP contribution in [0.1, 0.15) is 13.3 Å². The topological polar surface area (TPSA) is 66.5 Å². The fraction of sp³-hybridized carbons (Fsp3) is 0.417. The summed E-state index contributed by atoms with van der Waals surface area (Å²) in [6, 6.07) is 6.25. The average molecular weight is 347 g/mol. The number of nitrogens with zero attached hydrogens (tertiary/aromatic N) is 1. The van der Waals surface area contributed by atoms with Crippen LogP contribution in [0, 0.1) is 0 Å². The molecule has 7 heteroatoms. The zero-order valence-electron chi connectivity index (χ0n) is 10.5. The summed E-state index contributed by atoms with van der Waals surface area (Å²) < 4.78 is 27.8. The van der Waals surface area contributed by atoms with Crippen LogP contribution in [-0.4, -0.2) is 38.4 Å². The number of hydrogen-bond donors (Lipinski definition) is 1. The molecule has 1 aliphatic rings. The highest BCUT2D eigenvalue weighted by Gasteiger charge is 2.28. The number of sulfonamides is 1. The second kappa shape index (κ2) is 5.60. The van der Waals surface area contributed by atoms with Gasteiger partial charge in [-0.25, -0.2) is 13.1 Å². The normalized spacial score (nSPS) is 19.7. The van der Waals surface area contributed by atoms with Gasteiger partial charge in [-0.3, -0.25) is 4.79 Å². The monoisotopic (exact) mass is 346 g/mol. The molecular weight excluding hydrogens is 332 g/mol. The number of carbonyl (C=O) groups excluding carboxylic acids is 1. The zero-order valence-corrected chi connectivity index (χ0v) is 12.9. The maximum absolute atomic E-state index is 12.1. The summed E-state index contributed by atoms with van der Waals surface area (Å²) in [6.07, 6.45) is 0.648. The van der Waals surface area contributed by atoms with E-state index in [1.807, 2.05) is 0 Å². The molecule has 1 amide bonds. The van der Waals surface area contributed by atoms with E-state index in [-0.39, 0.29) is 16.8 Å². The summed E-state index contributed by atoms with van der Waals surface area (Å²) in [5.41, 5.74) is 0. The molecule has 0 bridgehead atoms. The highest BCUT2D eigenvalue weighted by Crippen LogP contribution is 2.17. The van der Waals surface area contributed by atoms with Gasteiger partial charge < -0.3 is 4.90 Å². The molecule has 0 aliphatic carbocycles. The maximum Gasteiger partial charge on any atom is 0.240 e. The van der Waals surface area contributed by atoms with Gasteiger partial charge in [-0.1, -0.05) is 15.9 Å². The van der Waals surface area contributed by atoms with Crippen molar-refractivity contribution in [3.63, 3.8) is 0 Å². The molecular formula is C12H15BrN2O3S. The maximum atomic E-state index is 12.1. The van der Waals surface area contributed by atoms with Gasteiger partial charge >= 0.3 is 0 Å². The molecule has 1 saturated heterocycles. The molecule has 19 heavy (non-hydrogen) atoms. The predicted octanol–water partition coefficient (Wildman–Crippen LogP) is 1.35. The minimum absolute atomic E-state index is 0.0228. The Morgan fingerprint density at radius 2 is 2.00 bits per heavy atom. The van der Waals surface area contributed by atoms with Crippen LogP contribution in [0.25, 0.3) is 0 Å². The van der Waals surface area contributed by atoms with E-state index in [9.17, 15) is 13.2 Å². The van der Waals surface area contributed by atoms with Gasteiger partial charge in [0.15, 0.2) is 0 Å². The van der Waals surface area contributed by atoms with Crippen LogP contribution >= 0.6 is 15.9 Å². The quantitative estimate of drug-likeness (QED) is 0.898. The molecule has 1 aliphatic heterocycles. The highest BCUT2D eigenvalue weighted by atomic mass is 79.9. The summed E-state index contributed by atoms with van der Waals surface area (Å²) >= 11 is 3.26. The molecule has 0 radical (unpaired) electrons. The number of halogens is 1. The number of amides is 1. The molecule has 0 aromatic heterocycles. The summed E-state index contributed by atoms with van der Waals surface area (Å²) in [5, 5.41) is 0. The van der Waals surface area contributed by atoms with Gasteiger partial charge in [0.2, 0.25) is 15.9 Å². The Morgan fingerprint density at radius 3 is 2.53 bits per heavy atom. The summed E-state index contributed by atoms with van der Waals surface area (Å²) in [5.74, 6) is -0.0228. The third-order valence-corrected chi connectivity index (χ3v) is 5.14. The van der Waals surface area contributed by atoms with Crippen LogP contribution in [0.15, 0.2) is 33.6 Å². The van der Waals surface area contributed by atoms with E-state index >= 15 is 0 Å². The average Bonchev–Trinajstić information content (AvgIpc) is 2.77. The van der Waals surface area contributed by atoms with Crippen LogP contribution in [0.5, 0.6) is 0 Å². The van der Waals surface area contributed by atoms with Crippen LogP contribution in [-0.2, 0) is 14.8 Å². The minimum atomic E-state index is -3.52. The Hall–Kier alpha value is -0.920. The van der Waals surface area contributed by atoms with Crippen LogP contribution in [0.2, 0.25) is 0 Å². The molecule has 1 fully saturated rings. The third-order valence-electron chi connectivity index (χ3n) is 3.08. The van der Waals surface area contributed by atoms with Gasteiger partial charge in [-0.05, 0) is 30.7 Å². The standard InChI is InChI=1S/C12H15BrN2O3S/c1-9(16)15-7-6-11(8-15)14-19(17,18)12-4-2-10(13)3-5-12/h2-5,11,14H,6-8H2,1H3. The lowest BCUT2D eigenvalue weighted by molar-refractivity contribution is -0.127. The van der Waals surface area contributed by atoms with Crippen molar-refractivity contribution >= 4 is 31.9 Å². The molecule has 0 spiro atoms. The van der Waals surface area contributed by atoms with E-state index < -0.39 is 10.0 Å². The first-order valence-electron chi connectivity index (χ1n) is 5.92. The lowest BCUT2D eigenvalue weighted by atomic mass is 10.3. The Morgan fingerprint density at radius 1 is 1.37 bits per heavy atom. The Balaban J connectivity index is 2.06. The van der Waals surface area contributed by atoms with E-state index in [1.54, 1.807) is 29.2 Å². The summed E-state index contributed by atoms with van der Waals surface area (Å²) in [7, 11) is -3.52. The van der Waals surface area contributed by atoms with E-state index in [1.165, 1.54) is 6.92 Å². The largest absolute Gasteiger partial charge is 0.341 e. The van der Waals surface area contributed by atoms with Gasteiger partial charge in [0, 0.05) is 30.5 Å². The predicted molar refractivity (Wildman–Crippen MR) is 75.1 cm³/mol. The molecule has 1 aromatic carbocycles. The van der Waals surface area contributed by atoms with Crippen molar-refractivity contribution in [2.45, 2.75) is 24.3 Å². The second-order valence-corrected chi connectivity index (χ2v) is 7.16. The van der Waals surface area contributed by atoms with Gasteiger partial charge in [-0.15, -0.1) is 0 Å². The first-order chi connectivity index (χ1) is 8.88. The molecule has 1 unspecified atom stereocenters. The van der Waals surface area contributed by atoms with Crippen molar-refractivity contribution in [3.05, 3.63) is 28.7 Å². The molecule has 2 rings (SSSR count). The first kappa shape index (κ1) is 14.5. The number of likely N-dealkylation sites (tertiary alicyclic amines) is 1. The number of hydrogen-bond acceptors (Lipinski definition) is 3. The van der Waals surface area contributed by atoms with Crippen molar-refractivity contribution < 1.29 is 13.2 Å².